The van der Waals surface area contributed by atoms with E-state index in [4.69, 9.17) is 9.47 Å². The zero-order chi connectivity index (χ0) is 28.5. The number of anilines is 1. The van der Waals surface area contributed by atoms with Crippen LogP contribution < -0.4 is 5.32 Å². The molecule has 0 atom stereocenters. The molecule has 4 aromatic rings. The average Bonchev–Trinajstić information content (AvgIpc) is 3.44. The van der Waals surface area contributed by atoms with E-state index in [9.17, 15) is 31.9 Å². The van der Waals surface area contributed by atoms with Crippen LogP contribution in [0, 0.1) is 12.7 Å². The Morgan fingerprint density at radius 3 is 2.28 bits per heavy atom. The first-order valence-electron chi connectivity index (χ1n) is 11.5. The van der Waals surface area contributed by atoms with Gasteiger partial charge in [0.05, 0.1) is 24.5 Å². The topological polar surface area (TPSA) is 112 Å². The summed E-state index contributed by atoms with van der Waals surface area (Å²) in [5.74, 6) is -3.06. The van der Waals surface area contributed by atoms with Gasteiger partial charge in [0.2, 0.25) is 0 Å². The van der Waals surface area contributed by atoms with Gasteiger partial charge >= 0.3 is 18.1 Å². The van der Waals surface area contributed by atoms with Gasteiger partial charge in [0.25, 0.3) is 5.91 Å². The number of benzene rings is 1. The number of carbonyl (C=O) groups is 3. The summed E-state index contributed by atoms with van der Waals surface area (Å²) in [5.41, 5.74) is -1.72. The lowest BCUT2D eigenvalue weighted by molar-refractivity contribution is -0.142. The molecule has 204 valence electrons. The summed E-state index contributed by atoms with van der Waals surface area (Å²) >= 11 is 0.758. The van der Waals surface area contributed by atoms with Crippen LogP contribution in [0.15, 0.2) is 36.4 Å². The molecule has 14 heteroatoms. The number of alkyl halides is 3. The predicted molar refractivity (Wildman–Crippen MR) is 132 cm³/mol. The van der Waals surface area contributed by atoms with Crippen LogP contribution in [0.5, 0.6) is 0 Å². The fourth-order valence-corrected chi connectivity index (χ4v) is 4.75. The van der Waals surface area contributed by atoms with Crippen LogP contribution in [0.2, 0.25) is 0 Å². The molecule has 0 fully saturated rings. The molecule has 0 unspecified atom stereocenters. The molecule has 0 spiro atoms. The molecule has 3 aromatic heterocycles. The summed E-state index contributed by atoms with van der Waals surface area (Å²) in [7, 11) is 0. The summed E-state index contributed by atoms with van der Waals surface area (Å²) < 4.78 is 65.5. The summed E-state index contributed by atoms with van der Waals surface area (Å²) in [6, 6.07) is 6.48. The largest absolute Gasteiger partial charge is 0.462 e. The molecule has 0 aliphatic heterocycles. The van der Waals surface area contributed by atoms with Crippen LogP contribution in [0.3, 0.4) is 0 Å². The first-order valence-corrected chi connectivity index (χ1v) is 12.3. The fourth-order valence-electron chi connectivity index (χ4n) is 3.66. The van der Waals surface area contributed by atoms with E-state index in [1.807, 2.05) is 0 Å². The molecule has 1 aromatic carbocycles. The van der Waals surface area contributed by atoms with E-state index in [2.05, 4.69) is 15.4 Å². The summed E-state index contributed by atoms with van der Waals surface area (Å²) in [4.78, 5) is 42.2. The molecular weight excluding hydrogens is 544 g/mol. The number of hydrogen-bond acceptors (Lipinski definition) is 8. The number of thiophene rings is 1. The molecule has 1 amide bonds. The van der Waals surface area contributed by atoms with Crippen LogP contribution in [-0.4, -0.2) is 45.7 Å². The Labute approximate surface area is 222 Å². The number of carbonyl (C=O) groups excluding carboxylic acids is 3. The summed E-state index contributed by atoms with van der Waals surface area (Å²) in [6.07, 6.45) is -4.87. The summed E-state index contributed by atoms with van der Waals surface area (Å²) in [5, 5.41) is 6.17. The summed E-state index contributed by atoms with van der Waals surface area (Å²) in [6.45, 7) is 4.75. The zero-order valence-electron chi connectivity index (χ0n) is 20.7. The number of fused-ring (bicyclic) bond motifs is 1. The van der Waals surface area contributed by atoms with Crippen LogP contribution in [0.25, 0.3) is 16.9 Å². The third kappa shape index (κ3) is 5.60. The predicted octanol–water partition coefficient (Wildman–Crippen LogP) is 5.53. The molecule has 9 nitrogen and oxygen atoms in total. The quantitative estimate of drug-likeness (QED) is 0.232. The highest BCUT2D eigenvalue weighted by atomic mass is 32.1. The van der Waals surface area contributed by atoms with Gasteiger partial charge in [-0.05, 0) is 56.7 Å². The molecule has 1 N–H and O–H groups in total. The van der Waals surface area contributed by atoms with Crippen molar-refractivity contribution in [2.24, 2.45) is 0 Å². The Hall–Kier alpha value is -4.33. The number of esters is 2. The molecule has 0 saturated heterocycles. The number of halogens is 4. The van der Waals surface area contributed by atoms with Gasteiger partial charge in [-0.2, -0.15) is 18.3 Å². The van der Waals surface area contributed by atoms with E-state index >= 15 is 0 Å². The Kier molecular flexibility index (Phi) is 7.67. The molecule has 0 aliphatic rings. The molecule has 4 rings (SSSR count). The maximum atomic E-state index is 13.9. The first kappa shape index (κ1) is 27.7. The molecule has 0 bridgehead atoms. The average molecular weight is 565 g/mol. The van der Waals surface area contributed by atoms with E-state index < -0.39 is 41.2 Å². The maximum absolute atomic E-state index is 13.9. The third-order valence-electron chi connectivity index (χ3n) is 5.40. The van der Waals surface area contributed by atoms with Crippen molar-refractivity contribution in [3.8, 4) is 11.3 Å². The van der Waals surface area contributed by atoms with E-state index in [-0.39, 0.29) is 51.1 Å². The lowest BCUT2D eigenvalue weighted by atomic mass is 10.1. The minimum absolute atomic E-state index is 0.0188. The number of nitrogens with one attached hydrogen (secondary N) is 1. The van der Waals surface area contributed by atoms with Crippen molar-refractivity contribution in [1.29, 1.82) is 0 Å². The second kappa shape index (κ2) is 10.8. The second-order valence-corrected chi connectivity index (χ2v) is 9.01. The SMILES string of the molecule is CCOC(=O)c1sc(NC(=O)c2cc3nc(-c4ccc(F)cc4)cc(C(F)(F)F)n3n2)c(C(=O)OCC)c1C. The van der Waals surface area contributed by atoms with E-state index in [1.165, 1.54) is 19.1 Å². The molecule has 3 heterocycles. The smallest absolute Gasteiger partial charge is 0.433 e. The van der Waals surface area contributed by atoms with Crippen molar-refractivity contribution >= 4 is 39.8 Å². The van der Waals surface area contributed by atoms with Crippen LogP contribution in [-0.2, 0) is 15.7 Å². The van der Waals surface area contributed by atoms with Crippen molar-refractivity contribution in [1.82, 2.24) is 14.6 Å². The van der Waals surface area contributed by atoms with Gasteiger partial charge in [0.15, 0.2) is 17.0 Å². The van der Waals surface area contributed by atoms with Crippen molar-refractivity contribution in [3.63, 3.8) is 0 Å². The number of hydrogen-bond donors (Lipinski definition) is 1. The van der Waals surface area contributed by atoms with Gasteiger partial charge in [-0.15, -0.1) is 11.3 Å². The highest BCUT2D eigenvalue weighted by Gasteiger charge is 2.36. The standard InChI is InChI=1S/C25H20F4N4O5S/c1-4-37-23(35)19-12(3)20(24(36)38-5-2)39-22(19)31-21(34)16-11-18-30-15(13-6-8-14(26)9-7-13)10-17(25(27,28)29)33(18)32-16/h6-11H,4-5H2,1-3H3,(H,31,34). The zero-order valence-corrected chi connectivity index (χ0v) is 21.5. The molecule has 0 radical (unpaired) electrons. The minimum atomic E-state index is -4.87. The van der Waals surface area contributed by atoms with E-state index in [0.717, 1.165) is 35.6 Å². The van der Waals surface area contributed by atoms with Crippen molar-refractivity contribution < 1.29 is 41.4 Å². The highest BCUT2D eigenvalue weighted by molar-refractivity contribution is 7.18. The van der Waals surface area contributed by atoms with E-state index in [0.29, 0.717) is 4.52 Å². The Balaban J connectivity index is 1.77. The van der Waals surface area contributed by atoms with E-state index in [1.54, 1.807) is 13.8 Å². The van der Waals surface area contributed by atoms with Gasteiger partial charge in [-0.1, -0.05) is 0 Å². The number of nitrogens with zero attached hydrogens (tertiary/aromatic N) is 3. The normalized spacial score (nSPS) is 11.5. The molecule has 0 saturated carbocycles. The number of rotatable bonds is 7. The number of aromatic nitrogens is 3. The van der Waals surface area contributed by atoms with Gasteiger partial charge < -0.3 is 14.8 Å². The number of ether oxygens (including phenoxy) is 2. The highest BCUT2D eigenvalue weighted by Crippen LogP contribution is 2.35. The second-order valence-electron chi connectivity index (χ2n) is 7.99. The van der Waals surface area contributed by atoms with Gasteiger partial charge in [-0.25, -0.2) is 23.5 Å². The number of amides is 1. The third-order valence-corrected chi connectivity index (χ3v) is 6.59. The molecular formula is C25H20F4N4O5S. The fraction of sp³-hybridized carbons (Fsp3) is 0.240. The molecule has 39 heavy (non-hydrogen) atoms. The minimum Gasteiger partial charge on any atom is -0.462 e. The Morgan fingerprint density at radius 1 is 1.03 bits per heavy atom. The lowest BCUT2D eigenvalue weighted by Crippen LogP contribution is -2.17. The monoisotopic (exact) mass is 564 g/mol. The first-order chi connectivity index (χ1) is 18.4. The molecule has 0 aliphatic carbocycles. The lowest BCUT2D eigenvalue weighted by Gasteiger charge is -2.11. The van der Waals surface area contributed by atoms with Crippen LogP contribution in [0.1, 0.15) is 55.6 Å². The van der Waals surface area contributed by atoms with Crippen LogP contribution in [0.4, 0.5) is 22.6 Å². The van der Waals surface area contributed by atoms with Gasteiger partial charge in [-0.3, -0.25) is 4.79 Å². The van der Waals surface area contributed by atoms with Crippen molar-refractivity contribution in [3.05, 3.63) is 69.6 Å². The van der Waals surface area contributed by atoms with Gasteiger partial charge in [0, 0.05) is 11.6 Å². The van der Waals surface area contributed by atoms with Crippen molar-refractivity contribution in [2.45, 2.75) is 26.9 Å². The van der Waals surface area contributed by atoms with Gasteiger partial charge in [0.1, 0.15) is 15.7 Å². The maximum Gasteiger partial charge on any atom is 0.433 e. The van der Waals surface area contributed by atoms with Crippen LogP contribution >= 0.6 is 11.3 Å². The Bertz CT molecular complexity index is 1580. The van der Waals surface area contributed by atoms with Crippen molar-refractivity contribution in [2.75, 3.05) is 18.5 Å². The Morgan fingerprint density at radius 2 is 1.67 bits per heavy atom.